The van der Waals surface area contributed by atoms with E-state index in [2.05, 4.69) is 10.0 Å². The molecule has 0 saturated heterocycles. The van der Waals surface area contributed by atoms with Crippen LogP contribution in [0.2, 0.25) is 0 Å². The molecule has 9 heteroatoms. The first-order chi connectivity index (χ1) is 15.8. The lowest BCUT2D eigenvalue weighted by molar-refractivity contribution is -0.143. The molecule has 3 aromatic carbocycles. The zero-order valence-corrected chi connectivity index (χ0v) is 19.7. The molecule has 0 fully saturated rings. The smallest absolute Gasteiger partial charge is 0.307 e. The minimum Gasteiger partial charge on any atom is -0.466 e. The SMILES string of the molecule is CCOC(=O)CC(NS(=O)(=O)c1cccc(-c2cccc(NC(N)=S)c2)c1)c1ccccc1. The van der Waals surface area contributed by atoms with Gasteiger partial charge in [0.25, 0.3) is 0 Å². The maximum absolute atomic E-state index is 13.2. The van der Waals surface area contributed by atoms with Gasteiger partial charge in [-0.2, -0.15) is 0 Å². The molecule has 0 aromatic heterocycles. The lowest BCUT2D eigenvalue weighted by Gasteiger charge is -2.19. The van der Waals surface area contributed by atoms with E-state index in [-0.39, 0.29) is 23.0 Å². The number of thiocarbonyl (C=S) groups is 1. The molecule has 7 nitrogen and oxygen atoms in total. The number of esters is 1. The van der Waals surface area contributed by atoms with E-state index in [1.807, 2.05) is 36.4 Å². The van der Waals surface area contributed by atoms with Crippen molar-refractivity contribution in [2.75, 3.05) is 11.9 Å². The summed E-state index contributed by atoms with van der Waals surface area (Å²) in [5, 5.41) is 3.01. The third-order valence-electron chi connectivity index (χ3n) is 4.78. The molecule has 3 rings (SSSR count). The zero-order chi connectivity index (χ0) is 23.8. The highest BCUT2D eigenvalue weighted by molar-refractivity contribution is 7.89. The largest absolute Gasteiger partial charge is 0.466 e. The second kappa shape index (κ2) is 11.0. The van der Waals surface area contributed by atoms with Crippen LogP contribution in [0.25, 0.3) is 11.1 Å². The van der Waals surface area contributed by atoms with E-state index in [0.29, 0.717) is 16.8 Å². The van der Waals surface area contributed by atoms with Crippen LogP contribution in [0, 0.1) is 0 Å². The van der Waals surface area contributed by atoms with Crippen molar-refractivity contribution in [3.05, 3.63) is 84.4 Å². The van der Waals surface area contributed by atoms with Crippen molar-refractivity contribution in [3.8, 4) is 11.1 Å². The molecule has 3 aromatic rings. The fourth-order valence-corrected chi connectivity index (χ4v) is 4.70. The minimum absolute atomic E-state index is 0.0810. The van der Waals surface area contributed by atoms with E-state index in [4.69, 9.17) is 22.7 Å². The second-order valence-corrected chi connectivity index (χ2v) is 9.35. The zero-order valence-electron chi connectivity index (χ0n) is 18.0. The van der Waals surface area contributed by atoms with E-state index < -0.39 is 22.0 Å². The molecule has 0 aliphatic heterocycles. The lowest BCUT2D eigenvalue weighted by Crippen LogP contribution is -2.30. The molecule has 0 aliphatic carbocycles. The van der Waals surface area contributed by atoms with Crippen LogP contribution in [0.1, 0.15) is 24.9 Å². The van der Waals surface area contributed by atoms with Crippen molar-refractivity contribution in [2.24, 2.45) is 5.73 Å². The maximum Gasteiger partial charge on any atom is 0.307 e. The number of benzene rings is 3. The van der Waals surface area contributed by atoms with Crippen molar-refractivity contribution in [2.45, 2.75) is 24.3 Å². The molecule has 0 radical (unpaired) electrons. The molecule has 0 spiro atoms. The number of nitrogens with one attached hydrogen (secondary N) is 2. The Morgan fingerprint density at radius 3 is 2.33 bits per heavy atom. The summed E-state index contributed by atoms with van der Waals surface area (Å²) >= 11 is 4.88. The predicted octanol–water partition coefficient (Wildman–Crippen LogP) is 3.98. The molecule has 33 heavy (non-hydrogen) atoms. The summed E-state index contributed by atoms with van der Waals surface area (Å²) in [5.41, 5.74) is 8.40. The van der Waals surface area contributed by atoms with Gasteiger partial charge in [-0.1, -0.05) is 54.6 Å². The van der Waals surface area contributed by atoms with Crippen LogP contribution in [-0.4, -0.2) is 26.1 Å². The molecule has 0 aliphatic rings. The second-order valence-electron chi connectivity index (χ2n) is 7.19. The molecule has 1 unspecified atom stereocenters. The summed E-state index contributed by atoms with van der Waals surface area (Å²) in [7, 11) is -3.94. The Morgan fingerprint density at radius 1 is 1.00 bits per heavy atom. The van der Waals surface area contributed by atoms with Crippen LogP contribution in [0.3, 0.4) is 0 Å². The van der Waals surface area contributed by atoms with Gasteiger partial charge in [-0.15, -0.1) is 0 Å². The van der Waals surface area contributed by atoms with Gasteiger partial charge < -0.3 is 15.8 Å². The van der Waals surface area contributed by atoms with Gasteiger partial charge in [0.2, 0.25) is 10.0 Å². The highest BCUT2D eigenvalue weighted by atomic mass is 32.2. The van der Waals surface area contributed by atoms with E-state index in [1.165, 1.54) is 6.07 Å². The topological polar surface area (TPSA) is 111 Å². The van der Waals surface area contributed by atoms with Gasteiger partial charge in [0.1, 0.15) is 0 Å². The van der Waals surface area contributed by atoms with Gasteiger partial charge in [0, 0.05) is 5.69 Å². The van der Waals surface area contributed by atoms with Gasteiger partial charge in [0.15, 0.2) is 5.11 Å². The van der Waals surface area contributed by atoms with Crippen LogP contribution in [0.4, 0.5) is 5.69 Å². The number of anilines is 1. The van der Waals surface area contributed by atoms with Crippen LogP contribution >= 0.6 is 12.2 Å². The van der Waals surface area contributed by atoms with E-state index in [1.54, 1.807) is 43.3 Å². The van der Waals surface area contributed by atoms with Crippen molar-refractivity contribution in [3.63, 3.8) is 0 Å². The molecule has 0 bridgehead atoms. The predicted molar refractivity (Wildman–Crippen MR) is 133 cm³/mol. The van der Waals surface area contributed by atoms with Crippen LogP contribution in [0.15, 0.2) is 83.8 Å². The average Bonchev–Trinajstić information content (AvgIpc) is 2.79. The fraction of sp³-hybridized carbons (Fsp3) is 0.167. The standard InChI is InChI=1S/C24H25N3O4S2/c1-2-31-23(28)16-22(17-8-4-3-5-9-17)27-33(29,30)21-13-7-11-19(15-21)18-10-6-12-20(14-18)26-24(25)32/h3-15,22,27H,2,16H2,1H3,(H3,25,26,32). The summed E-state index contributed by atoms with van der Waals surface area (Å²) in [6.07, 6.45) is -0.122. The summed E-state index contributed by atoms with van der Waals surface area (Å²) < 4.78 is 34.2. The summed E-state index contributed by atoms with van der Waals surface area (Å²) in [4.78, 5) is 12.2. The number of nitrogens with two attached hydrogens (primary N) is 1. The molecule has 172 valence electrons. The van der Waals surface area contributed by atoms with E-state index >= 15 is 0 Å². The monoisotopic (exact) mass is 483 g/mol. The fourth-order valence-electron chi connectivity index (χ4n) is 3.32. The van der Waals surface area contributed by atoms with E-state index in [0.717, 1.165) is 5.56 Å². The molecule has 0 amide bonds. The normalized spacial score (nSPS) is 12.0. The highest BCUT2D eigenvalue weighted by Crippen LogP contribution is 2.27. The first-order valence-electron chi connectivity index (χ1n) is 10.3. The number of hydrogen-bond acceptors (Lipinski definition) is 5. The van der Waals surface area contributed by atoms with Crippen LogP contribution < -0.4 is 15.8 Å². The summed E-state index contributed by atoms with van der Waals surface area (Å²) in [6, 6.07) is 22.0. The van der Waals surface area contributed by atoms with Crippen molar-refractivity contribution in [1.29, 1.82) is 0 Å². The van der Waals surface area contributed by atoms with Gasteiger partial charge in [-0.05, 0) is 60.1 Å². The van der Waals surface area contributed by atoms with Gasteiger partial charge in [-0.3, -0.25) is 4.79 Å². The lowest BCUT2D eigenvalue weighted by atomic mass is 10.1. The molecule has 4 N–H and O–H groups in total. The number of ether oxygens (including phenoxy) is 1. The summed E-state index contributed by atoms with van der Waals surface area (Å²) in [5.74, 6) is -0.482. The third kappa shape index (κ3) is 6.85. The third-order valence-corrected chi connectivity index (χ3v) is 6.35. The first-order valence-corrected chi connectivity index (χ1v) is 12.2. The minimum atomic E-state index is -3.94. The van der Waals surface area contributed by atoms with Crippen molar-refractivity contribution in [1.82, 2.24) is 4.72 Å². The van der Waals surface area contributed by atoms with Gasteiger partial charge >= 0.3 is 5.97 Å². The van der Waals surface area contributed by atoms with Gasteiger partial charge in [-0.25, -0.2) is 13.1 Å². The molecule has 1 atom stereocenters. The Hall–Kier alpha value is -3.27. The number of rotatable bonds is 9. The molecular formula is C24H25N3O4S2. The van der Waals surface area contributed by atoms with Crippen LogP contribution in [-0.2, 0) is 19.6 Å². The molecule has 0 saturated carbocycles. The Bertz CT molecular complexity index is 1230. The number of sulfonamides is 1. The number of carbonyl (C=O) groups excluding carboxylic acids is 1. The average molecular weight is 484 g/mol. The van der Waals surface area contributed by atoms with Crippen molar-refractivity contribution >= 4 is 39.0 Å². The Balaban J connectivity index is 1.90. The number of carbonyl (C=O) groups is 1. The Labute approximate surface area is 199 Å². The highest BCUT2D eigenvalue weighted by Gasteiger charge is 2.24. The van der Waals surface area contributed by atoms with E-state index in [9.17, 15) is 13.2 Å². The van der Waals surface area contributed by atoms with Crippen LogP contribution in [0.5, 0.6) is 0 Å². The van der Waals surface area contributed by atoms with Crippen molar-refractivity contribution < 1.29 is 17.9 Å². The first kappa shape index (κ1) is 24.4. The summed E-state index contributed by atoms with van der Waals surface area (Å²) in [6.45, 7) is 1.93. The quantitative estimate of drug-likeness (QED) is 0.312. The van der Waals surface area contributed by atoms with Gasteiger partial charge in [0.05, 0.1) is 24.0 Å². The molecule has 0 heterocycles. The Morgan fingerprint density at radius 2 is 1.67 bits per heavy atom. The number of hydrogen-bond donors (Lipinski definition) is 3. The molecular weight excluding hydrogens is 458 g/mol. The maximum atomic E-state index is 13.2. The Kier molecular flexibility index (Phi) is 8.16.